The zero-order valence-corrected chi connectivity index (χ0v) is 12.8. The topological polar surface area (TPSA) is 29.3 Å². The molecule has 0 radical (unpaired) electrons. The van der Waals surface area contributed by atoms with E-state index in [0.717, 1.165) is 18.4 Å². The first-order chi connectivity index (χ1) is 8.95. The van der Waals surface area contributed by atoms with E-state index < -0.39 is 0 Å². The Bertz CT molecular complexity index is 405. The summed E-state index contributed by atoms with van der Waals surface area (Å²) in [6, 6.07) is 6.81. The van der Waals surface area contributed by atoms with E-state index in [0.29, 0.717) is 0 Å². The van der Waals surface area contributed by atoms with Gasteiger partial charge in [0.15, 0.2) is 0 Å². The van der Waals surface area contributed by atoms with Crippen LogP contribution in [0.15, 0.2) is 18.2 Å². The predicted octanol–water partition coefficient (Wildman–Crippen LogP) is 3.28. The zero-order chi connectivity index (χ0) is 14.0. The Hall–Kier alpha value is -0.860. The molecule has 0 amide bonds. The molecule has 2 unspecified atom stereocenters. The van der Waals surface area contributed by atoms with Crippen LogP contribution < -0.4 is 5.73 Å². The molecule has 1 aromatic rings. The van der Waals surface area contributed by atoms with E-state index in [2.05, 4.69) is 50.8 Å². The Morgan fingerprint density at radius 2 is 1.84 bits per heavy atom. The molecule has 2 atom stereocenters. The maximum atomic E-state index is 6.39. The van der Waals surface area contributed by atoms with Crippen molar-refractivity contribution in [2.75, 3.05) is 19.6 Å². The fourth-order valence-corrected chi connectivity index (χ4v) is 3.18. The minimum absolute atomic E-state index is 0.143. The van der Waals surface area contributed by atoms with E-state index in [1.165, 1.54) is 36.2 Å². The molecule has 0 bridgehead atoms. The molecule has 106 valence electrons. The lowest BCUT2D eigenvalue weighted by molar-refractivity contribution is 0.287. The predicted molar refractivity (Wildman–Crippen MR) is 82.2 cm³/mol. The van der Waals surface area contributed by atoms with Crippen LogP contribution in [0.5, 0.6) is 0 Å². The number of nitrogens with two attached hydrogens (primary N) is 1. The van der Waals surface area contributed by atoms with Crippen LogP contribution in [0.1, 0.15) is 43.0 Å². The Morgan fingerprint density at radius 1 is 1.21 bits per heavy atom. The fourth-order valence-electron chi connectivity index (χ4n) is 3.18. The average Bonchev–Trinajstić information content (AvgIpc) is 2.76. The SMILES string of the molecule is Cc1cc(C)cc(C(N)CN2CCC(C(C)C)C2)c1. The van der Waals surface area contributed by atoms with E-state index in [9.17, 15) is 0 Å². The van der Waals surface area contributed by atoms with Crippen molar-refractivity contribution in [1.29, 1.82) is 0 Å². The zero-order valence-electron chi connectivity index (χ0n) is 12.8. The minimum atomic E-state index is 0.143. The minimum Gasteiger partial charge on any atom is -0.323 e. The van der Waals surface area contributed by atoms with Crippen LogP contribution in [-0.2, 0) is 0 Å². The molecule has 1 aliphatic rings. The summed E-state index contributed by atoms with van der Waals surface area (Å²) in [5.74, 6) is 1.65. The van der Waals surface area contributed by atoms with Gasteiger partial charge in [-0.3, -0.25) is 0 Å². The van der Waals surface area contributed by atoms with E-state index >= 15 is 0 Å². The smallest absolute Gasteiger partial charge is 0.0424 e. The third-order valence-corrected chi connectivity index (χ3v) is 4.38. The van der Waals surface area contributed by atoms with Gasteiger partial charge < -0.3 is 10.6 Å². The maximum absolute atomic E-state index is 6.39. The molecule has 1 aliphatic heterocycles. The highest BCUT2D eigenvalue weighted by atomic mass is 15.2. The van der Waals surface area contributed by atoms with Crippen LogP contribution in [0.2, 0.25) is 0 Å². The van der Waals surface area contributed by atoms with Gasteiger partial charge in [0.25, 0.3) is 0 Å². The van der Waals surface area contributed by atoms with E-state index in [4.69, 9.17) is 5.73 Å². The van der Waals surface area contributed by atoms with Gasteiger partial charge in [0.05, 0.1) is 0 Å². The largest absolute Gasteiger partial charge is 0.323 e. The van der Waals surface area contributed by atoms with Gasteiger partial charge in [-0.15, -0.1) is 0 Å². The highest BCUT2D eigenvalue weighted by molar-refractivity contribution is 5.30. The van der Waals surface area contributed by atoms with Gasteiger partial charge >= 0.3 is 0 Å². The van der Waals surface area contributed by atoms with E-state index in [1.54, 1.807) is 0 Å². The van der Waals surface area contributed by atoms with Gasteiger partial charge in [-0.1, -0.05) is 43.2 Å². The highest BCUT2D eigenvalue weighted by Crippen LogP contribution is 2.25. The molecule has 1 heterocycles. The van der Waals surface area contributed by atoms with Gasteiger partial charge in [0.1, 0.15) is 0 Å². The summed E-state index contributed by atoms with van der Waals surface area (Å²) in [6.45, 7) is 12.4. The second-order valence-corrected chi connectivity index (χ2v) is 6.58. The second kappa shape index (κ2) is 6.06. The fraction of sp³-hybridized carbons (Fsp3) is 0.647. The molecular formula is C17H28N2. The average molecular weight is 260 g/mol. The number of likely N-dealkylation sites (tertiary alicyclic amines) is 1. The van der Waals surface area contributed by atoms with Crippen LogP contribution >= 0.6 is 0 Å². The van der Waals surface area contributed by atoms with Crippen molar-refractivity contribution in [3.8, 4) is 0 Å². The lowest BCUT2D eigenvalue weighted by atomic mass is 9.95. The molecule has 1 fully saturated rings. The molecule has 2 N–H and O–H groups in total. The highest BCUT2D eigenvalue weighted by Gasteiger charge is 2.26. The first-order valence-electron chi connectivity index (χ1n) is 7.52. The summed E-state index contributed by atoms with van der Waals surface area (Å²) in [7, 11) is 0. The van der Waals surface area contributed by atoms with Crippen LogP contribution in [0.4, 0.5) is 0 Å². The number of hydrogen-bond acceptors (Lipinski definition) is 2. The monoisotopic (exact) mass is 260 g/mol. The molecule has 0 spiro atoms. The Morgan fingerprint density at radius 3 is 2.37 bits per heavy atom. The molecule has 1 aromatic carbocycles. The van der Waals surface area contributed by atoms with Crippen LogP contribution in [0, 0.1) is 25.7 Å². The number of benzene rings is 1. The Balaban J connectivity index is 1.96. The van der Waals surface area contributed by atoms with Crippen molar-refractivity contribution >= 4 is 0 Å². The van der Waals surface area contributed by atoms with Gasteiger partial charge in [-0.05, 0) is 44.2 Å². The molecule has 2 nitrogen and oxygen atoms in total. The normalized spacial score (nSPS) is 22.1. The molecule has 2 heteroatoms. The van der Waals surface area contributed by atoms with Crippen LogP contribution in [0.25, 0.3) is 0 Å². The summed E-state index contributed by atoms with van der Waals surface area (Å²) in [5, 5.41) is 0. The van der Waals surface area contributed by atoms with Crippen LogP contribution in [0.3, 0.4) is 0 Å². The van der Waals surface area contributed by atoms with E-state index in [1.807, 2.05) is 0 Å². The number of hydrogen-bond donors (Lipinski definition) is 1. The van der Waals surface area contributed by atoms with Gasteiger partial charge in [0, 0.05) is 19.1 Å². The third kappa shape index (κ3) is 3.80. The molecule has 1 saturated heterocycles. The Kier molecular flexibility index (Phi) is 4.64. The standard InChI is InChI=1S/C17H28N2/c1-12(2)15-5-6-19(10-15)11-17(18)16-8-13(3)7-14(4)9-16/h7-9,12,15,17H,5-6,10-11,18H2,1-4H3. The van der Waals surface area contributed by atoms with Crippen molar-refractivity contribution < 1.29 is 0 Å². The van der Waals surface area contributed by atoms with Crippen molar-refractivity contribution in [1.82, 2.24) is 4.90 Å². The summed E-state index contributed by atoms with van der Waals surface area (Å²) in [5.41, 5.74) is 10.3. The second-order valence-electron chi connectivity index (χ2n) is 6.58. The number of nitrogens with zero attached hydrogens (tertiary/aromatic N) is 1. The maximum Gasteiger partial charge on any atom is 0.0424 e. The molecule has 0 aliphatic carbocycles. The number of aryl methyl sites for hydroxylation is 2. The van der Waals surface area contributed by atoms with Crippen molar-refractivity contribution in [2.24, 2.45) is 17.6 Å². The van der Waals surface area contributed by atoms with Crippen LogP contribution in [-0.4, -0.2) is 24.5 Å². The quantitative estimate of drug-likeness (QED) is 0.900. The van der Waals surface area contributed by atoms with Crippen molar-refractivity contribution in [2.45, 2.75) is 40.2 Å². The summed E-state index contributed by atoms with van der Waals surface area (Å²) >= 11 is 0. The first kappa shape index (κ1) is 14.5. The molecule has 0 saturated carbocycles. The van der Waals surface area contributed by atoms with Gasteiger partial charge in [0.2, 0.25) is 0 Å². The van der Waals surface area contributed by atoms with Gasteiger partial charge in [-0.2, -0.15) is 0 Å². The summed E-state index contributed by atoms with van der Waals surface area (Å²) in [6.07, 6.45) is 1.33. The molecule has 19 heavy (non-hydrogen) atoms. The van der Waals surface area contributed by atoms with Crippen molar-refractivity contribution in [3.63, 3.8) is 0 Å². The first-order valence-corrected chi connectivity index (χ1v) is 7.52. The molecule has 0 aromatic heterocycles. The molecule has 2 rings (SSSR count). The van der Waals surface area contributed by atoms with Crippen molar-refractivity contribution in [3.05, 3.63) is 34.9 Å². The third-order valence-electron chi connectivity index (χ3n) is 4.38. The van der Waals surface area contributed by atoms with E-state index in [-0.39, 0.29) is 6.04 Å². The summed E-state index contributed by atoms with van der Waals surface area (Å²) < 4.78 is 0. The Labute approximate surface area is 118 Å². The summed E-state index contributed by atoms with van der Waals surface area (Å²) in [4.78, 5) is 2.53. The van der Waals surface area contributed by atoms with Gasteiger partial charge in [-0.25, -0.2) is 0 Å². The lowest BCUT2D eigenvalue weighted by Gasteiger charge is -2.22. The lowest BCUT2D eigenvalue weighted by Crippen LogP contribution is -2.31. The molecular weight excluding hydrogens is 232 g/mol. The number of rotatable bonds is 4.